The molecule has 1 unspecified atom stereocenters. The number of nitrogens with one attached hydrogen (secondary N) is 1. The molecule has 3 saturated heterocycles. The highest BCUT2D eigenvalue weighted by Crippen LogP contribution is 2.61. The van der Waals surface area contributed by atoms with E-state index in [1.807, 2.05) is 36.4 Å². The van der Waals surface area contributed by atoms with Gasteiger partial charge in [0.15, 0.2) is 0 Å². The van der Waals surface area contributed by atoms with Crippen molar-refractivity contribution in [3.05, 3.63) is 121 Å². The van der Waals surface area contributed by atoms with Gasteiger partial charge in [-0.05, 0) is 36.1 Å². The van der Waals surface area contributed by atoms with Gasteiger partial charge < -0.3 is 34.4 Å². The number of carbonyl (C=O) groups excluding carboxylic acids is 4. The minimum Gasteiger partial charge on any atom is -0.455 e. The van der Waals surface area contributed by atoms with E-state index in [1.54, 1.807) is 65.4 Å². The Morgan fingerprint density at radius 3 is 2.41 bits per heavy atom. The number of aliphatic hydroxyl groups excluding tert-OH is 1. The van der Waals surface area contributed by atoms with Crippen molar-refractivity contribution in [2.75, 3.05) is 26.9 Å². The van der Waals surface area contributed by atoms with Gasteiger partial charge in [0.05, 0.1) is 48.8 Å². The number of para-hydroxylation sites is 1. The molecule has 1 spiro atoms. The van der Waals surface area contributed by atoms with Gasteiger partial charge in [0.1, 0.15) is 29.9 Å². The highest BCUT2D eigenvalue weighted by Gasteiger charge is 2.77. The molecule has 14 nitrogen and oxygen atoms in total. The summed E-state index contributed by atoms with van der Waals surface area (Å²) in [5.41, 5.74) is 1.07. The number of carbonyl (C=O) groups is 4. The number of esters is 1. The summed E-state index contributed by atoms with van der Waals surface area (Å²) in [4.78, 5) is 60.8. The number of halogens is 1. The van der Waals surface area contributed by atoms with E-state index in [4.69, 9.17) is 14.2 Å². The number of ether oxygens (including phenoxy) is 3. The third-order valence-corrected chi connectivity index (χ3v) is 12.2. The number of methoxy groups -OCH3 is 1. The number of benzene rings is 3. The molecule has 3 aliphatic rings. The van der Waals surface area contributed by atoms with Crippen molar-refractivity contribution in [2.24, 2.45) is 11.8 Å². The predicted octanol–water partition coefficient (Wildman–Crippen LogP) is 4.27. The average Bonchev–Trinajstić information content (AvgIpc) is 3.96. The summed E-state index contributed by atoms with van der Waals surface area (Å²) < 4.78 is 20.3. The van der Waals surface area contributed by atoms with E-state index in [9.17, 15) is 14.7 Å². The number of allylic oxidation sites excluding steroid dienone is 1. The van der Waals surface area contributed by atoms with Crippen LogP contribution in [0.5, 0.6) is 0 Å². The van der Waals surface area contributed by atoms with E-state index < -0.39 is 77.0 Å². The Labute approximate surface area is 344 Å². The molecule has 2 bridgehead atoms. The van der Waals surface area contributed by atoms with Crippen LogP contribution in [0.4, 0.5) is 0 Å². The minimum absolute atomic E-state index is 0.0183. The van der Waals surface area contributed by atoms with Gasteiger partial charge in [-0.3, -0.25) is 19.2 Å². The van der Waals surface area contributed by atoms with Gasteiger partial charge in [-0.25, -0.2) is 4.68 Å². The molecule has 15 heteroatoms. The van der Waals surface area contributed by atoms with Crippen LogP contribution in [-0.2, 0) is 40.1 Å². The molecule has 3 amide bonds. The van der Waals surface area contributed by atoms with Crippen molar-refractivity contribution >= 4 is 50.7 Å². The van der Waals surface area contributed by atoms with E-state index in [0.29, 0.717) is 28.6 Å². The Kier molecular flexibility index (Phi) is 12.5. The molecule has 0 aliphatic carbocycles. The van der Waals surface area contributed by atoms with Crippen molar-refractivity contribution in [3.8, 4) is 0 Å². The molecule has 4 heterocycles. The van der Waals surface area contributed by atoms with Crippen LogP contribution in [-0.4, -0.2) is 109 Å². The normalized spacial score (nSPS) is 24.8. The monoisotopic (exact) mass is 854 g/mol. The molecule has 58 heavy (non-hydrogen) atoms. The maximum Gasteiger partial charge on any atom is 0.313 e. The van der Waals surface area contributed by atoms with Gasteiger partial charge in [-0.15, -0.1) is 18.3 Å². The van der Waals surface area contributed by atoms with Crippen molar-refractivity contribution < 1.29 is 38.5 Å². The fourth-order valence-corrected chi connectivity index (χ4v) is 9.78. The van der Waals surface area contributed by atoms with Gasteiger partial charge in [0.25, 0.3) is 0 Å². The van der Waals surface area contributed by atoms with Gasteiger partial charge in [-0.1, -0.05) is 106 Å². The molecule has 1 aromatic heterocycles. The van der Waals surface area contributed by atoms with Crippen LogP contribution in [0, 0.1) is 11.8 Å². The number of likely N-dealkylation sites (tertiary alicyclic amines) is 1. The van der Waals surface area contributed by atoms with Crippen molar-refractivity contribution in [1.29, 1.82) is 0 Å². The highest BCUT2D eigenvalue weighted by molar-refractivity contribution is 9.09. The quantitative estimate of drug-likeness (QED) is 0.0840. The minimum atomic E-state index is -1.49. The largest absolute Gasteiger partial charge is 0.455 e. The number of hydrogen-bond acceptors (Lipinski definition) is 10. The molecule has 0 saturated carbocycles. The van der Waals surface area contributed by atoms with Gasteiger partial charge >= 0.3 is 5.97 Å². The Bertz CT molecular complexity index is 2140. The maximum absolute atomic E-state index is 15.3. The zero-order valence-electron chi connectivity index (χ0n) is 32.1. The summed E-state index contributed by atoms with van der Waals surface area (Å²) in [6.45, 7) is 7.19. The first-order chi connectivity index (χ1) is 28.2. The zero-order chi connectivity index (χ0) is 41.0. The molecular formula is C43H47BrN6O8. The first-order valence-corrected chi connectivity index (χ1v) is 20.2. The number of aliphatic hydroxyl groups is 1. The number of fused-ring (bicyclic) bond motifs is 2. The number of hydrogen-bond donors (Lipinski definition) is 2. The van der Waals surface area contributed by atoms with Crippen molar-refractivity contribution in [1.82, 2.24) is 30.1 Å². The topological polar surface area (TPSA) is 165 Å². The second-order valence-corrected chi connectivity index (χ2v) is 16.0. The lowest BCUT2D eigenvalue weighted by atomic mass is 9.70. The number of rotatable bonds is 18. The molecule has 304 valence electrons. The number of alkyl halides is 1. The van der Waals surface area contributed by atoms with E-state index in [-0.39, 0.29) is 38.6 Å². The van der Waals surface area contributed by atoms with Gasteiger partial charge in [0.2, 0.25) is 17.7 Å². The molecule has 7 rings (SSSR count). The molecule has 0 radical (unpaired) electrons. The molecule has 4 aromatic rings. The van der Waals surface area contributed by atoms with Crippen molar-refractivity contribution in [2.45, 2.75) is 66.7 Å². The van der Waals surface area contributed by atoms with Crippen LogP contribution < -0.4 is 5.32 Å². The Balaban J connectivity index is 1.28. The molecule has 3 aliphatic heterocycles. The summed E-state index contributed by atoms with van der Waals surface area (Å²) in [5.74, 6) is -4.29. The molecule has 2 N–H and O–H groups in total. The third-order valence-electron chi connectivity index (χ3n) is 11.3. The summed E-state index contributed by atoms with van der Waals surface area (Å²) in [5, 5.41) is 22.5. The maximum atomic E-state index is 15.3. The predicted molar refractivity (Wildman–Crippen MR) is 217 cm³/mol. The van der Waals surface area contributed by atoms with E-state index in [0.717, 1.165) is 0 Å². The van der Waals surface area contributed by atoms with Crippen LogP contribution in [0.2, 0.25) is 0 Å². The second-order valence-electron chi connectivity index (χ2n) is 14.8. The lowest BCUT2D eigenvalue weighted by molar-refractivity contribution is -0.163. The highest BCUT2D eigenvalue weighted by atomic mass is 79.9. The summed E-state index contributed by atoms with van der Waals surface area (Å²) in [6.07, 6.45) is 2.24. The van der Waals surface area contributed by atoms with Crippen LogP contribution in [0.3, 0.4) is 0 Å². The number of aromatic nitrogens is 3. The van der Waals surface area contributed by atoms with Crippen molar-refractivity contribution in [3.63, 3.8) is 0 Å². The summed E-state index contributed by atoms with van der Waals surface area (Å²) >= 11 is 3.76. The number of amides is 3. The third kappa shape index (κ3) is 7.59. The summed E-state index contributed by atoms with van der Waals surface area (Å²) in [6, 6.07) is 22.3. The van der Waals surface area contributed by atoms with Gasteiger partial charge in [-0.2, -0.15) is 0 Å². The lowest BCUT2D eigenvalue weighted by Crippen LogP contribution is -2.57. The fraction of sp³-hybridized carbons (Fsp3) is 0.395. The Morgan fingerprint density at radius 2 is 1.74 bits per heavy atom. The summed E-state index contributed by atoms with van der Waals surface area (Å²) in [7, 11) is 1.49. The van der Waals surface area contributed by atoms with E-state index in [2.05, 4.69) is 44.7 Å². The Hall–Kier alpha value is -5.22. The smallest absolute Gasteiger partial charge is 0.313 e. The first kappa shape index (κ1) is 41.0. The molecule has 3 fully saturated rings. The SMILES string of the molecule is C=CCCC(=O)N[C@@H](COC)[C@@H](OC(=O)[C@H]1[C@@H]2O[C@@]3(CC2Br)[C@@H]1C(=O)N([C@H](CO)c1ccccc1)[C@@H]3C(=O)N(CC=C)Cn1nnc2ccccc21)c1ccccc1. The van der Waals surface area contributed by atoms with Crippen LogP contribution in [0.25, 0.3) is 11.0 Å². The zero-order valence-corrected chi connectivity index (χ0v) is 33.7. The second kappa shape index (κ2) is 17.7. The standard InChI is InChI=1S/C43H47BrN6O8/c1-4-6-21-34(52)45-31(25-56-3)37(28-17-11-8-12-18-28)57-42(55)35-36-40(53)50(33(24-51)27-15-9-7-10-16-27)39(43(36)23-29(44)38(35)58-43)41(54)48(22-5-2)26-49-32-20-14-13-19-30(32)46-47-49/h4-5,7-20,29,31,33,35-39,51H,1-2,6,21-26H2,3H3,(H,45,52)/t29?,31-,33+,35+,36-,37-,38+,39+,43-/m0/s1. The van der Waals surface area contributed by atoms with Crippen LogP contribution >= 0.6 is 15.9 Å². The first-order valence-electron chi connectivity index (χ1n) is 19.3. The fourth-order valence-electron chi connectivity index (χ4n) is 8.84. The van der Waals surface area contributed by atoms with Crippen LogP contribution in [0.15, 0.2) is 110 Å². The van der Waals surface area contributed by atoms with Gasteiger partial charge in [0, 0.05) is 24.9 Å². The average molecular weight is 856 g/mol. The van der Waals surface area contributed by atoms with Crippen LogP contribution in [0.1, 0.15) is 42.5 Å². The number of nitrogens with zero attached hydrogens (tertiary/aromatic N) is 5. The lowest BCUT2D eigenvalue weighted by Gasteiger charge is -2.39. The van der Waals surface area contributed by atoms with E-state index in [1.165, 1.54) is 16.9 Å². The van der Waals surface area contributed by atoms with E-state index >= 15 is 9.59 Å². The molecular weight excluding hydrogens is 808 g/mol. The molecule has 9 atom stereocenters. The molecule has 3 aromatic carbocycles. The Morgan fingerprint density at radius 1 is 1.05 bits per heavy atom.